The summed E-state index contributed by atoms with van der Waals surface area (Å²) in [6.45, 7) is 2.20. The molecule has 0 aliphatic carbocycles. The van der Waals surface area contributed by atoms with Gasteiger partial charge in [-0.3, -0.25) is 10.1 Å². The molecular weight excluding hydrogens is 330 g/mol. The second kappa shape index (κ2) is 8.42. The molecule has 2 rings (SSSR count). The number of para-hydroxylation sites is 1. The molecule has 124 valence electrons. The highest BCUT2D eigenvalue weighted by atomic mass is 35.5. The Balaban J connectivity index is 0.00000242. The van der Waals surface area contributed by atoms with Crippen molar-refractivity contribution in [1.82, 2.24) is 10.0 Å². The normalized spacial score (nSPS) is 18.5. The summed E-state index contributed by atoms with van der Waals surface area (Å²) in [6.07, 6.45) is 2.91. The molecule has 0 amide bonds. The van der Waals surface area contributed by atoms with E-state index in [1.165, 1.54) is 24.3 Å². The maximum absolute atomic E-state index is 12.2. The monoisotopic (exact) mass is 349 g/mol. The van der Waals surface area contributed by atoms with Gasteiger partial charge in [0.1, 0.15) is 0 Å². The topological polar surface area (TPSA) is 101 Å². The van der Waals surface area contributed by atoms with Crippen molar-refractivity contribution in [2.45, 2.75) is 24.2 Å². The highest BCUT2D eigenvalue weighted by molar-refractivity contribution is 7.89. The van der Waals surface area contributed by atoms with Gasteiger partial charge in [-0.1, -0.05) is 12.1 Å². The van der Waals surface area contributed by atoms with Gasteiger partial charge in [-0.2, -0.15) is 0 Å². The van der Waals surface area contributed by atoms with Gasteiger partial charge in [0.25, 0.3) is 5.69 Å². The maximum Gasteiger partial charge on any atom is 0.289 e. The van der Waals surface area contributed by atoms with Crippen LogP contribution in [0.4, 0.5) is 5.69 Å². The van der Waals surface area contributed by atoms with Gasteiger partial charge < -0.3 is 5.32 Å². The first-order valence-electron chi connectivity index (χ1n) is 6.94. The first kappa shape index (κ1) is 18.8. The number of halogens is 1. The number of nitro groups is 1. The average Bonchev–Trinajstić information content (AvgIpc) is 2.48. The first-order valence-corrected chi connectivity index (χ1v) is 8.43. The van der Waals surface area contributed by atoms with Crippen molar-refractivity contribution in [2.75, 3.05) is 19.6 Å². The summed E-state index contributed by atoms with van der Waals surface area (Å²) in [5, 5.41) is 14.2. The summed E-state index contributed by atoms with van der Waals surface area (Å²) < 4.78 is 26.8. The highest BCUT2D eigenvalue weighted by Crippen LogP contribution is 2.22. The van der Waals surface area contributed by atoms with Crippen molar-refractivity contribution in [1.29, 1.82) is 0 Å². The van der Waals surface area contributed by atoms with Crippen LogP contribution >= 0.6 is 12.4 Å². The van der Waals surface area contributed by atoms with Gasteiger partial charge in [0, 0.05) is 12.6 Å². The van der Waals surface area contributed by atoms with E-state index in [9.17, 15) is 18.5 Å². The molecule has 1 atom stereocenters. The Morgan fingerprint density at radius 2 is 2.09 bits per heavy atom. The van der Waals surface area contributed by atoms with E-state index in [0.29, 0.717) is 12.5 Å². The molecule has 7 nitrogen and oxygen atoms in total. The van der Waals surface area contributed by atoms with E-state index in [-0.39, 0.29) is 17.3 Å². The molecule has 0 saturated carbocycles. The van der Waals surface area contributed by atoms with E-state index in [1.807, 2.05) is 0 Å². The molecule has 1 fully saturated rings. The predicted octanol–water partition coefficient (Wildman–Crippen LogP) is 1.68. The predicted molar refractivity (Wildman–Crippen MR) is 85.7 cm³/mol. The van der Waals surface area contributed by atoms with Crippen molar-refractivity contribution >= 4 is 28.1 Å². The van der Waals surface area contributed by atoms with Gasteiger partial charge in [0.05, 0.1) is 4.92 Å². The van der Waals surface area contributed by atoms with E-state index in [1.54, 1.807) is 0 Å². The summed E-state index contributed by atoms with van der Waals surface area (Å²) in [5.74, 6) is 0.451. The minimum Gasteiger partial charge on any atom is -0.316 e. The Morgan fingerprint density at radius 1 is 1.36 bits per heavy atom. The molecule has 0 spiro atoms. The van der Waals surface area contributed by atoms with Crippen LogP contribution in [0.2, 0.25) is 0 Å². The largest absolute Gasteiger partial charge is 0.316 e. The minimum atomic E-state index is -3.85. The van der Waals surface area contributed by atoms with E-state index in [0.717, 1.165) is 32.4 Å². The van der Waals surface area contributed by atoms with Crippen LogP contribution in [0.15, 0.2) is 29.2 Å². The molecule has 22 heavy (non-hydrogen) atoms. The van der Waals surface area contributed by atoms with Gasteiger partial charge in [0.2, 0.25) is 10.0 Å². The van der Waals surface area contributed by atoms with Crippen molar-refractivity contribution in [2.24, 2.45) is 5.92 Å². The van der Waals surface area contributed by atoms with E-state index in [4.69, 9.17) is 0 Å². The zero-order valence-electron chi connectivity index (χ0n) is 12.0. The zero-order chi connectivity index (χ0) is 15.3. The molecule has 1 saturated heterocycles. The second-order valence-corrected chi connectivity index (χ2v) is 6.86. The van der Waals surface area contributed by atoms with Crippen LogP contribution in [0, 0.1) is 16.0 Å². The molecule has 1 aliphatic rings. The lowest BCUT2D eigenvalue weighted by atomic mass is 9.96. The fourth-order valence-corrected chi connectivity index (χ4v) is 3.70. The summed E-state index contributed by atoms with van der Waals surface area (Å²) in [6, 6.07) is 5.37. The highest BCUT2D eigenvalue weighted by Gasteiger charge is 2.25. The van der Waals surface area contributed by atoms with Gasteiger partial charge in [-0.25, -0.2) is 13.1 Å². The number of nitrogens with zero attached hydrogens (tertiary/aromatic N) is 1. The molecule has 0 aromatic heterocycles. The molecule has 1 heterocycles. The summed E-state index contributed by atoms with van der Waals surface area (Å²) in [5.41, 5.74) is -0.399. The molecule has 1 aliphatic heterocycles. The minimum absolute atomic E-state index is 0. The third kappa shape index (κ3) is 4.91. The van der Waals surface area contributed by atoms with Crippen LogP contribution in [-0.2, 0) is 10.0 Å². The number of hydrogen-bond donors (Lipinski definition) is 2. The number of benzene rings is 1. The quantitative estimate of drug-likeness (QED) is 0.601. The Bertz CT molecular complexity index is 603. The zero-order valence-corrected chi connectivity index (χ0v) is 13.7. The van der Waals surface area contributed by atoms with Gasteiger partial charge >= 0.3 is 0 Å². The lowest BCUT2D eigenvalue weighted by Crippen LogP contribution is -2.33. The van der Waals surface area contributed by atoms with E-state index in [2.05, 4.69) is 10.0 Å². The number of sulfonamides is 1. The third-order valence-corrected chi connectivity index (χ3v) is 5.10. The second-order valence-electron chi connectivity index (χ2n) is 5.12. The average molecular weight is 350 g/mol. The van der Waals surface area contributed by atoms with E-state index >= 15 is 0 Å². The molecule has 9 heteroatoms. The van der Waals surface area contributed by atoms with Gasteiger partial charge in [0.15, 0.2) is 4.90 Å². The lowest BCUT2D eigenvalue weighted by molar-refractivity contribution is -0.387. The van der Waals surface area contributed by atoms with Crippen molar-refractivity contribution in [3.05, 3.63) is 34.4 Å². The van der Waals surface area contributed by atoms with Gasteiger partial charge in [-0.05, 0) is 44.3 Å². The van der Waals surface area contributed by atoms with Gasteiger partial charge in [-0.15, -0.1) is 12.4 Å². The number of nitro benzene ring substituents is 1. The standard InChI is InChI=1S/C13H19N3O4S.ClH/c17-16(18)12-5-1-2-6-13(12)21(19,20)15-9-7-11-4-3-8-14-10-11;/h1-2,5-6,11,14-15H,3-4,7-10H2;1H. The molecule has 1 unspecified atom stereocenters. The third-order valence-electron chi connectivity index (χ3n) is 3.60. The van der Waals surface area contributed by atoms with Crippen molar-refractivity contribution < 1.29 is 13.3 Å². The number of nitrogens with one attached hydrogen (secondary N) is 2. The fraction of sp³-hybridized carbons (Fsp3) is 0.538. The fourth-order valence-electron chi connectivity index (χ4n) is 2.48. The van der Waals surface area contributed by atoms with Crippen molar-refractivity contribution in [3.63, 3.8) is 0 Å². The van der Waals surface area contributed by atoms with Crippen LogP contribution < -0.4 is 10.0 Å². The molecule has 2 N–H and O–H groups in total. The number of hydrogen-bond acceptors (Lipinski definition) is 5. The Morgan fingerprint density at radius 3 is 2.73 bits per heavy atom. The smallest absolute Gasteiger partial charge is 0.289 e. The lowest BCUT2D eigenvalue weighted by Gasteiger charge is -2.22. The number of piperidine rings is 1. The maximum atomic E-state index is 12.2. The SMILES string of the molecule is Cl.O=[N+]([O-])c1ccccc1S(=O)(=O)NCCC1CCCNC1. The first-order chi connectivity index (χ1) is 10.0. The van der Waals surface area contributed by atoms with Crippen LogP contribution in [-0.4, -0.2) is 33.0 Å². The van der Waals surface area contributed by atoms with E-state index < -0.39 is 20.6 Å². The molecule has 0 radical (unpaired) electrons. The van der Waals surface area contributed by atoms with Crippen LogP contribution in [0.5, 0.6) is 0 Å². The number of rotatable bonds is 6. The van der Waals surface area contributed by atoms with Crippen LogP contribution in [0.25, 0.3) is 0 Å². The van der Waals surface area contributed by atoms with Crippen LogP contribution in [0.3, 0.4) is 0 Å². The summed E-state index contributed by atoms with van der Waals surface area (Å²) >= 11 is 0. The molecular formula is C13H20ClN3O4S. The van der Waals surface area contributed by atoms with Crippen LogP contribution in [0.1, 0.15) is 19.3 Å². The summed E-state index contributed by atoms with van der Waals surface area (Å²) in [4.78, 5) is 9.93. The molecule has 0 bridgehead atoms. The Hall–Kier alpha value is -1.22. The molecule has 1 aromatic carbocycles. The Kier molecular flexibility index (Phi) is 7.21. The molecule has 1 aromatic rings. The van der Waals surface area contributed by atoms with Crippen molar-refractivity contribution in [3.8, 4) is 0 Å². The summed E-state index contributed by atoms with van der Waals surface area (Å²) in [7, 11) is -3.85. The Labute approximate surface area is 136 Å².